The van der Waals surface area contributed by atoms with Gasteiger partial charge >= 0.3 is 5.65 Å². The van der Waals surface area contributed by atoms with E-state index in [1.807, 2.05) is 6.20 Å². The molecule has 2 aliphatic heterocycles. The van der Waals surface area contributed by atoms with Crippen LogP contribution in [-0.4, -0.2) is 9.38 Å². The van der Waals surface area contributed by atoms with Gasteiger partial charge in [-0.3, -0.25) is 0 Å². The maximum absolute atomic E-state index is 4.86. The Morgan fingerprint density at radius 1 is 1.12 bits per heavy atom. The summed E-state index contributed by atoms with van der Waals surface area (Å²) in [6, 6.07) is 4.48. The molecule has 0 bridgehead atoms. The van der Waals surface area contributed by atoms with E-state index in [9.17, 15) is 0 Å². The Bertz CT molecular complexity index is 1270. The average Bonchev–Trinajstić information content (AvgIpc) is 3.11. The Balaban J connectivity index is 2.07. The number of pyridine rings is 3. The molecule has 0 saturated carbocycles. The molecule has 0 N–H and O–H groups in total. The molecule has 0 spiro atoms. The molecule has 0 atom stereocenters. The van der Waals surface area contributed by atoms with Crippen molar-refractivity contribution in [2.24, 2.45) is 7.05 Å². The monoisotopic (exact) mass is 330 g/mol. The molecule has 4 aromatic rings. The maximum atomic E-state index is 4.86. The summed E-state index contributed by atoms with van der Waals surface area (Å²) < 4.78 is 7.17. The Kier molecular flexibility index (Phi) is 2.03. The van der Waals surface area contributed by atoms with Gasteiger partial charge in [-0.05, 0) is 6.07 Å². The summed E-state index contributed by atoms with van der Waals surface area (Å²) in [6.45, 7) is 10.5. The van der Waals surface area contributed by atoms with E-state index in [4.69, 9.17) is 4.98 Å². The van der Waals surface area contributed by atoms with Crippen LogP contribution >= 0.6 is 0 Å². The third-order valence-corrected chi connectivity index (χ3v) is 7.23. The summed E-state index contributed by atoms with van der Waals surface area (Å²) in [5.74, 6) is 0. The van der Waals surface area contributed by atoms with Crippen molar-refractivity contribution in [2.45, 2.75) is 45.1 Å². The van der Waals surface area contributed by atoms with Crippen molar-refractivity contribution in [3.8, 4) is 0 Å². The zero-order valence-electron chi connectivity index (χ0n) is 15.4. The van der Waals surface area contributed by atoms with E-state index in [1.54, 1.807) is 0 Å². The second-order valence-electron chi connectivity index (χ2n) is 8.78. The number of aryl methyl sites for hydroxylation is 1. The first-order valence-corrected chi connectivity index (χ1v) is 9.02. The fourth-order valence-corrected chi connectivity index (χ4v) is 5.11. The molecule has 4 nitrogen and oxygen atoms in total. The number of hydrogen-bond donors (Lipinski definition) is 0. The highest BCUT2D eigenvalue weighted by molar-refractivity contribution is 6.08. The number of fused-ring (bicyclic) bond motifs is 1. The largest absolute Gasteiger partial charge is 0.302 e. The van der Waals surface area contributed by atoms with Crippen LogP contribution in [0.4, 0.5) is 0 Å². The van der Waals surface area contributed by atoms with Crippen LogP contribution in [0.5, 0.6) is 0 Å². The van der Waals surface area contributed by atoms with E-state index in [0.717, 1.165) is 12.1 Å². The molecular formula is C21H22N4+2. The Hall–Kier alpha value is -2.49. The fraction of sp³-hybridized carbons (Fsp3) is 0.381. The number of nitrogens with zero attached hydrogens (tertiary/aromatic N) is 4. The summed E-state index contributed by atoms with van der Waals surface area (Å²) >= 11 is 0. The molecule has 25 heavy (non-hydrogen) atoms. The van der Waals surface area contributed by atoms with E-state index < -0.39 is 0 Å². The van der Waals surface area contributed by atoms with E-state index >= 15 is 0 Å². The highest BCUT2D eigenvalue weighted by atomic mass is 15.2. The molecule has 0 aromatic carbocycles. The quantitative estimate of drug-likeness (QED) is 0.316. The van der Waals surface area contributed by atoms with Crippen molar-refractivity contribution < 1.29 is 9.13 Å². The highest BCUT2D eigenvalue weighted by Crippen LogP contribution is 2.50. The van der Waals surface area contributed by atoms with E-state index in [0.29, 0.717) is 0 Å². The van der Waals surface area contributed by atoms with Gasteiger partial charge in [-0.25, -0.2) is 9.55 Å². The van der Waals surface area contributed by atoms with E-state index in [2.05, 4.69) is 72.8 Å². The Labute approximate surface area is 146 Å². The van der Waals surface area contributed by atoms with Crippen LogP contribution in [-0.2, 0) is 24.4 Å². The van der Waals surface area contributed by atoms with Crippen molar-refractivity contribution >= 4 is 27.6 Å². The predicted octanol–water partition coefficient (Wildman–Crippen LogP) is 2.68. The molecule has 0 saturated heterocycles. The minimum absolute atomic E-state index is 0.0381. The first-order valence-electron chi connectivity index (χ1n) is 9.02. The van der Waals surface area contributed by atoms with Crippen molar-refractivity contribution in [2.75, 3.05) is 0 Å². The summed E-state index contributed by atoms with van der Waals surface area (Å²) in [5.41, 5.74) is 9.29. The lowest BCUT2D eigenvalue weighted by Gasteiger charge is -2.42. The van der Waals surface area contributed by atoms with Crippen LogP contribution in [0.15, 0.2) is 30.7 Å². The summed E-state index contributed by atoms with van der Waals surface area (Å²) in [5, 5.41) is 1.36. The summed E-state index contributed by atoms with van der Waals surface area (Å²) in [6.07, 6.45) is 6.55. The van der Waals surface area contributed by atoms with Crippen LogP contribution in [0, 0.1) is 0 Å². The van der Waals surface area contributed by atoms with Gasteiger partial charge in [-0.15, -0.1) is 0 Å². The maximum Gasteiger partial charge on any atom is 0.302 e. The first kappa shape index (κ1) is 13.8. The number of imidazole rings is 1. The lowest BCUT2D eigenvalue weighted by molar-refractivity contribution is -0.657. The molecule has 0 radical (unpaired) electrons. The van der Waals surface area contributed by atoms with Gasteiger partial charge in [0, 0.05) is 34.2 Å². The molecule has 6 rings (SSSR count). The SMILES string of the molecule is C[n+]1ccc2c3c1c1nccc4c1n1c(c[n+](c31)C2)C(C)(C)C4(C)C. The third-order valence-electron chi connectivity index (χ3n) is 7.23. The van der Waals surface area contributed by atoms with Crippen LogP contribution in [0.25, 0.3) is 27.6 Å². The van der Waals surface area contributed by atoms with Gasteiger partial charge in [0.2, 0.25) is 0 Å². The minimum atomic E-state index is 0.0381. The van der Waals surface area contributed by atoms with Crippen LogP contribution < -0.4 is 9.13 Å². The predicted molar refractivity (Wildman–Crippen MR) is 96.7 cm³/mol. The van der Waals surface area contributed by atoms with Crippen LogP contribution in [0.2, 0.25) is 0 Å². The van der Waals surface area contributed by atoms with E-state index in [-0.39, 0.29) is 10.8 Å². The molecule has 2 aliphatic rings. The van der Waals surface area contributed by atoms with Crippen molar-refractivity contribution in [3.63, 3.8) is 0 Å². The van der Waals surface area contributed by atoms with Gasteiger partial charge in [0.05, 0.1) is 0 Å². The second kappa shape index (κ2) is 3.69. The summed E-state index contributed by atoms with van der Waals surface area (Å²) in [4.78, 5) is 4.86. The molecule has 0 unspecified atom stereocenters. The lowest BCUT2D eigenvalue weighted by Crippen LogP contribution is -2.44. The van der Waals surface area contributed by atoms with E-state index in [1.165, 1.54) is 38.9 Å². The number of rotatable bonds is 0. The van der Waals surface area contributed by atoms with Gasteiger partial charge in [-0.1, -0.05) is 27.7 Å². The molecule has 0 fully saturated rings. The topological polar surface area (TPSA) is 25.1 Å². The smallest absolute Gasteiger partial charge is 0.246 e. The second-order valence-corrected chi connectivity index (χ2v) is 8.78. The Morgan fingerprint density at radius 2 is 1.92 bits per heavy atom. The molecule has 0 amide bonds. The van der Waals surface area contributed by atoms with Crippen molar-refractivity contribution in [1.29, 1.82) is 0 Å². The zero-order valence-corrected chi connectivity index (χ0v) is 15.4. The lowest BCUT2D eigenvalue weighted by atomic mass is 9.61. The summed E-state index contributed by atoms with van der Waals surface area (Å²) in [7, 11) is 2.14. The molecule has 4 heteroatoms. The average molecular weight is 330 g/mol. The normalized spacial score (nSPS) is 19.1. The van der Waals surface area contributed by atoms with Gasteiger partial charge in [0.1, 0.15) is 25.2 Å². The van der Waals surface area contributed by atoms with Gasteiger partial charge in [0.25, 0.3) is 5.52 Å². The highest BCUT2D eigenvalue weighted by Gasteiger charge is 2.52. The molecular weight excluding hydrogens is 308 g/mol. The zero-order chi connectivity index (χ0) is 17.3. The molecule has 0 aliphatic carbocycles. The van der Waals surface area contributed by atoms with Crippen molar-refractivity contribution in [3.05, 3.63) is 47.5 Å². The molecule has 6 heterocycles. The van der Waals surface area contributed by atoms with Gasteiger partial charge in [-0.2, -0.15) is 8.97 Å². The van der Waals surface area contributed by atoms with Crippen LogP contribution in [0.3, 0.4) is 0 Å². The molecule has 124 valence electrons. The van der Waals surface area contributed by atoms with Gasteiger partial charge < -0.3 is 0 Å². The number of aromatic nitrogens is 4. The minimum Gasteiger partial charge on any atom is -0.246 e. The number of hydrogen-bond acceptors (Lipinski definition) is 1. The van der Waals surface area contributed by atoms with Gasteiger partial charge in [0.15, 0.2) is 22.9 Å². The standard InChI is InChI=1S/C21H22N4/c1-20(2)13-6-8-22-16-17(13)25-14(21(20,3)4)11-24-10-12-7-9-23(5)18(16)15(12)19(24)25/h6-9,11H,10H2,1-5H3/q+2. The molecule has 4 aromatic heterocycles. The Morgan fingerprint density at radius 3 is 2.72 bits per heavy atom. The van der Waals surface area contributed by atoms with Crippen molar-refractivity contribution in [1.82, 2.24) is 9.38 Å². The third kappa shape index (κ3) is 1.23. The fourth-order valence-electron chi connectivity index (χ4n) is 5.11. The first-order chi connectivity index (χ1) is 11.8. The van der Waals surface area contributed by atoms with Crippen LogP contribution in [0.1, 0.15) is 44.5 Å².